The lowest BCUT2D eigenvalue weighted by molar-refractivity contribution is -0.00764. The molecule has 2 nitrogen and oxygen atoms in total. The molecule has 13 heavy (non-hydrogen) atoms. The number of β-amino-alcohol motifs (C(OH)–C–C–N with tert-alkyl or cyclic N) is 1. The molecule has 1 aliphatic heterocycles. The number of hydrogen-bond acceptors (Lipinski definition) is 2. The lowest BCUT2D eigenvalue weighted by Crippen LogP contribution is -2.48. The SMILES string of the molecule is CC(C)[C@@H]1CCN(C(C)C)C[C@@H]1O. The van der Waals surface area contributed by atoms with Gasteiger partial charge in [-0.15, -0.1) is 0 Å². The van der Waals surface area contributed by atoms with Crippen molar-refractivity contribution in [2.75, 3.05) is 13.1 Å². The Labute approximate surface area is 81.9 Å². The van der Waals surface area contributed by atoms with Crippen molar-refractivity contribution in [2.45, 2.75) is 46.3 Å². The molecule has 0 spiro atoms. The number of likely N-dealkylation sites (tertiary alicyclic amines) is 1. The minimum absolute atomic E-state index is 0.115. The number of aliphatic hydroxyl groups excluding tert-OH is 1. The van der Waals surface area contributed by atoms with Gasteiger partial charge in [-0.1, -0.05) is 13.8 Å². The first-order valence-electron chi connectivity index (χ1n) is 5.44. The third-order valence-corrected chi connectivity index (χ3v) is 3.25. The summed E-state index contributed by atoms with van der Waals surface area (Å²) in [5.41, 5.74) is 0. The highest BCUT2D eigenvalue weighted by molar-refractivity contribution is 4.82. The van der Waals surface area contributed by atoms with Crippen LogP contribution in [0.3, 0.4) is 0 Å². The van der Waals surface area contributed by atoms with Crippen molar-refractivity contribution in [3.05, 3.63) is 0 Å². The lowest BCUT2D eigenvalue weighted by atomic mass is 9.84. The Kier molecular flexibility index (Phi) is 3.74. The number of nitrogens with zero attached hydrogens (tertiary/aromatic N) is 1. The van der Waals surface area contributed by atoms with E-state index in [1.54, 1.807) is 0 Å². The minimum atomic E-state index is -0.115. The fourth-order valence-electron chi connectivity index (χ4n) is 2.22. The molecular formula is C11H23NO. The molecule has 0 unspecified atom stereocenters. The highest BCUT2D eigenvalue weighted by Crippen LogP contribution is 2.25. The standard InChI is InChI=1S/C11H23NO/c1-8(2)10-5-6-12(9(3)4)7-11(10)13/h8-11,13H,5-7H2,1-4H3/t10-,11-/m0/s1. The van der Waals surface area contributed by atoms with Crippen molar-refractivity contribution in [1.29, 1.82) is 0 Å². The van der Waals surface area contributed by atoms with E-state index in [4.69, 9.17) is 0 Å². The maximum atomic E-state index is 9.92. The van der Waals surface area contributed by atoms with Gasteiger partial charge in [0.1, 0.15) is 0 Å². The zero-order valence-corrected chi connectivity index (χ0v) is 9.33. The van der Waals surface area contributed by atoms with Gasteiger partial charge in [-0.2, -0.15) is 0 Å². The van der Waals surface area contributed by atoms with Crippen LogP contribution in [-0.2, 0) is 0 Å². The molecule has 1 fully saturated rings. The van der Waals surface area contributed by atoms with Gasteiger partial charge in [0, 0.05) is 12.6 Å². The molecule has 0 aliphatic carbocycles. The van der Waals surface area contributed by atoms with Crippen molar-refractivity contribution in [3.63, 3.8) is 0 Å². The highest BCUT2D eigenvalue weighted by atomic mass is 16.3. The van der Waals surface area contributed by atoms with Gasteiger partial charge in [0.2, 0.25) is 0 Å². The van der Waals surface area contributed by atoms with E-state index in [1.807, 2.05) is 0 Å². The molecule has 0 amide bonds. The van der Waals surface area contributed by atoms with E-state index >= 15 is 0 Å². The normalized spacial score (nSPS) is 31.6. The van der Waals surface area contributed by atoms with Crippen LogP contribution in [0, 0.1) is 11.8 Å². The van der Waals surface area contributed by atoms with Gasteiger partial charge in [-0.25, -0.2) is 0 Å². The van der Waals surface area contributed by atoms with E-state index in [-0.39, 0.29) is 6.10 Å². The van der Waals surface area contributed by atoms with E-state index < -0.39 is 0 Å². The second kappa shape index (κ2) is 4.43. The molecular weight excluding hydrogens is 162 g/mol. The third kappa shape index (κ3) is 2.68. The predicted molar refractivity (Wildman–Crippen MR) is 55.7 cm³/mol. The maximum absolute atomic E-state index is 9.92. The fraction of sp³-hybridized carbons (Fsp3) is 1.00. The number of rotatable bonds is 2. The molecule has 1 N–H and O–H groups in total. The van der Waals surface area contributed by atoms with Gasteiger partial charge in [-0.3, -0.25) is 4.90 Å². The quantitative estimate of drug-likeness (QED) is 0.708. The Morgan fingerprint density at radius 3 is 2.23 bits per heavy atom. The van der Waals surface area contributed by atoms with Gasteiger partial charge in [-0.05, 0) is 38.6 Å². The van der Waals surface area contributed by atoms with Gasteiger partial charge < -0.3 is 5.11 Å². The average Bonchev–Trinajstić information content (AvgIpc) is 2.03. The number of aliphatic hydroxyl groups is 1. The lowest BCUT2D eigenvalue weighted by Gasteiger charge is -2.39. The van der Waals surface area contributed by atoms with Gasteiger partial charge >= 0.3 is 0 Å². The van der Waals surface area contributed by atoms with E-state index in [2.05, 4.69) is 32.6 Å². The summed E-state index contributed by atoms with van der Waals surface area (Å²) in [5, 5.41) is 9.92. The summed E-state index contributed by atoms with van der Waals surface area (Å²) < 4.78 is 0. The van der Waals surface area contributed by atoms with Crippen LogP contribution in [0.2, 0.25) is 0 Å². The maximum Gasteiger partial charge on any atom is 0.0698 e. The fourth-order valence-corrected chi connectivity index (χ4v) is 2.22. The predicted octanol–water partition coefficient (Wildman–Crippen LogP) is 1.73. The second-order valence-corrected chi connectivity index (χ2v) is 4.85. The Bertz CT molecular complexity index is 156. The Morgan fingerprint density at radius 1 is 1.23 bits per heavy atom. The van der Waals surface area contributed by atoms with Crippen molar-refractivity contribution in [3.8, 4) is 0 Å². The van der Waals surface area contributed by atoms with Crippen molar-refractivity contribution in [2.24, 2.45) is 11.8 Å². The molecule has 0 aromatic carbocycles. The number of hydrogen-bond donors (Lipinski definition) is 1. The molecule has 1 heterocycles. The summed E-state index contributed by atoms with van der Waals surface area (Å²) in [5.74, 6) is 1.12. The Hall–Kier alpha value is -0.0800. The van der Waals surface area contributed by atoms with Crippen LogP contribution in [0.5, 0.6) is 0 Å². The van der Waals surface area contributed by atoms with Gasteiger partial charge in [0.05, 0.1) is 6.10 Å². The van der Waals surface area contributed by atoms with Crippen molar-refractivity contribution >= 4 is 0 Å². The largest absolute Gasteiger partial charge is 0.391 e. The van der Waals surface area contributed by atoms with Crippen LogP contribution in [-0.4, -0.2) is 35.2 Å². The van der Waals surface area contributed by atoms with Crippen LogP contribution in [0.25, 0.3) is 0 Å². The second-order valence-electron chi connectivity index (χ2n) is 4.85. The number of piperidine rings is 1. The molecule has 78 valence electrons. The van der Waals surface area contributed by atoms with Crippen LogP contribution >= 0.6 is 0 Å². The van der Waals surface area contributed by atoms with Gasteiger partial charge in [0.25, 0.3) is 0 Å². The zero-order chi connectivity index (χ0) is 10.0. The molecule has 2 heteroatoms. The monoisotopic (exact) mass is 185 g/mol. The van der Waals surface area contributed by atoms with Crippen LogP contribution in [0.1, 0.15) is 34.1 Å². The van der Waals surface area contributed by atoms with Crippen LogP contribution < -0.4 is 0 Å². The topological polar surface area (TPSA) is 23.5 Å². The summed E-state index contributed by atoms with van der Waals surface area (Å²) in [6, 6.07) is 0.572. The summed E-state index contributed by atoms with van der Waals surface area (Å²) >= 11 is 0. The van der Waals surface area contributed by atoms with E-state index in [9.17, 15) is 5.11 Å². The average molecular weight is 185 g/mol. The van der Waals surface area contributed by atoms with Crippen LogP contribution in [0.4, 0.5) is 0 Å². The summed E-state index contributed by atoms with van der Waals surface area (Å²) in [6.07, 6.45) is 1.04. The summed E-state index contributed by atoms with van der Waals surface area (Å²) in [4.78, 5) is 2.36. The molecule has 0 aromatic rings. The molecule has 0 aromatic heterocycles. The van der Waals surface area contributed by atoms with Crippen molar-refractivity contribution in [1.82, 2.24) is 4.90 Å². The molecule has 0 bridgehead atoms. The summed E-state index contributed by atoms with van der Waals surface area (Å²) in [6.45, 7) is 10.8. The summed E-state index contributed by atoms with van der Waals surface area (Å²) in [7, 11) is 0. The minimum Gasteiger partial charge on any atom is -0.391 e. The van der Waals surface area contributed by atoms with E-state index in [0.29, 0.717) is 17.9 Å². The molecule has 0 saturated carbocycles. The Morgan fingerprint density at radius 2 is 1.85 bits per heavy atom. The van der Waals surface area contributed by atoms with Gasteiger partial charge in [0.15, 0.2) is 0 Å². The molecule has 2 atom stereocenters. The zero-order valence-electron chi connectivity index (χ0n) is 9.33. The third-order valence-electron chi connectivity index (χ3n) is 3.25. The Balaban J connectivity index is 2.46. The van der Waals surface area contributed by atoms with E-state index in [1.165, 1.54) is 0 Å². The first-order chi connectivity index (χ1) is 6.02. The van der Waals surface area contributed by atoms with E-state index in [0.717, 1.165) is 19.5 Å². The molecule has 0 radical (unpaired) electrons. The first-order valence-corrected chi connectivity index (χ1v) is 5.44. The highest BCUT2D eigenvalue weighted by Gasteiger charge is 2.30. The first kappa shape index (κ1) is 11.0. The van der Waals surface area contributed by atoms with Crippen LogP contribution in [0.15, 0.2) is 0 Å². The smallest absolute Gasteiger partial charge is 0.0698 e. The molecule has 1 rings (SSSR count). The molecule has 1 saturated heterocycles. The molecule has 1 aliphatic rings. The van der Waals surface area contributed by atoms with Crippen molar-refractivity contribution < 1.29 is 5.11 Å².